The molecule has 0 amide bonds. The molecule has 1 aliphatic heterocycles. The fourth-order valence-corrected chi connectivity index (χ4v) is 4.84. The fourth-order valence-electron chi connectivity index (χ4n) is 4.84. The van der Waals surface area contributed by atoms with Crippen molar-refractivity contribution in [2.24, 2.45) is 0 Å². The van der Waals surface area contributed by atoms with E-state index in [9.17, 15) is 0 Å². The zero-order chi connectivity index (χ0) is 22.8. The third kappa shape index (κ3) is 4.11. The molecule has 0 unspecified atom stereocenters. The van der Waals surface area contributed by atoms with E-state index in [0.29, 0.717) is 5.82 Å². The molecule has 33 heavy (non-hydrogen) atoms. The van der Waals surface area contributed by atoms with Crippen molar-refractivity contribution in [3.63, 3.8) is 0 Å². The van der Waals surface area contributed by atoms with Crippen LogP contribution in [0.15, 0.2) is 60.9 Å². The van der Waals surface area contributed by atoms with Gasteiger partial charge in [0.1, 0.15) is 6.20 Å². The molecular weight excluding hydrogens is 408 g/mol. The van der Waals surface area contributed by atoms with Gasteiger partial charge in [0.05, 0.1) is 18.7 Å². The second-order valence-corrected chi connectivity index (χ2v) is 8.52. The predicted octanol–water partition coefficient (Wildman–Crippen LogP) is 5.96. The molecule has 1 fully saturated rings. The summed E-state index contributed by atoms with van der Waals surface area (Å²) in [4.78, 5) is 15.0. The van der Waals surface area contributed by atoms with Crippen molar-refractivity contribution in [1.82, 2.24) is 14.9 Å². The minimum Gasteiger partial charge on any atom is -0.379 e. The molecule has 2 aromatic carbocycles. The SMILES string of the molecule is [C-]#[N+]c1ncccc1-c1ccnc2cc(C)c(-c3ccc(CN4CCOCC4)cc3)c(C)c12. The Morgan fingerprint density at radius 3 is 2.52 bits per heavy atom. The maximum atomic E-state index is 7.56. The molecule has 4 aromatic rings. The lowest BCUT2D eigenvalue weighted by Crippen LogP contribution is -2.35. The highest BCUT2D eigenvalue weighted by atomic mass is 16.5. The van der Waals surface area contributed by atoms with Crippen LogP contribution in [0.2, 0.25) is 0 Å². The van der Waals surface area contributed by atoms with E-state index in [1.807, 2.05) is 24.4 Å². The second kappa shape index (κ2) is 9.11. The highest BCUT2D eigenvalue weighted by Crippen LogP contribution is 2.39. The summed E-state index contributed by atoms with van der Waals surface area (Å²) in [6.45, 7) is 16.4. The van der Waals surface area contributed by atoms with E-state index >= 15 is 0 Å². The Hall–Kier alpha value is -3.59. The van der Waals surface area contributed by atoms with Crippen molar-refractivity contribution in [1.29, 1.82) is 0 Å². The van der Waals surface area contributed by atoms with Crippen LogP contribution in [-0.4, -0.2) is 41.2 Å². The van der Waals surface area contributed by atoms with Crippen molar-refractivity contribution >= 4 is 16.7 Å². The molecule has 0 bridgehead atoms. The van der Waals surface area contributed by atoms with Gasteiger partial charge in [0.15, 0.2) is 0 Å². The van der Waals surface area contributed by atoms with Crippen LogP contribution in [0.4, 0.5) is 5.82 Å². The molecule has 3 heterocycles. The third-order valence-electron chi connectivity index (χ3n) is 6.41. The Kier molecular flexibility index (Phi) is 5.87. The van der Waals surface area contributed by atoms with E-state index < -0.39 is 0 Å². The molecule has 5 rings (SSSR count). The van der Waals surface area contributed by atoms with Crippen LogP contribution in [0.3, 0.4) is 0 Å². The van der Waals surface area contributed by atoms with Gasteiger partial charge in [-0.3, -0.25) is 9.88 Å². The Morgan fingerprint density at radius 1 is 0.970 bits per heavy atom. The monoisotopic (exact) mass is 434 g/mol. The second-order valence-electron chi connectivity index (χ2n) is 8.52. The fraction of sp³-hybridized carbons (Fsp3) is 0.250. The molecule has 0 radical (unpaired) electrons. The zero-order valence-electron chi connectivity index (χ0n) is 19.0. The van der Waals surface area contributed by atoms with Crippen LogP contribution in [0.25, 0.3) is 38.0 Å². The van der Waals surface area contributed by atoms with E-state index in [2.05, 4.69) is 63.9 Å². The van der Waals surface area contributed by atoms with E-state index in [4.69, 9.17) is 11.3 Å². The number of morpholine rings is 1. The maximum Gasteiger partial charge on any atom is 0.277 e. The first kappa shape index (κ1) is 21.3. The van der Waals surface area contributed by atoms with Crippen molar-refractivity contribution < 1.29 is 4.74 Å². The number of aromatic nitrogens is 2. The number of hydrogen-bond acceptors (Lipinski definition) is 4. The smallest absolute Gasteiger partial charge is 0.277 e. The quantitative estimate of drug-likeness (QED) is 0.372. The first-order chi connectivity index (χ1) is 16.2. The number of fused-ring (bicyclic) bond motifs is 1. The molecule has 1 saturated heterocycles. The van der Waals surface area contributed by atoms with Crippen LogP contribution in [-0.2, 0) is 11.3 Å². The van der Waals surface area contributed by atoms with Gasteiger partial charge >= 0.3 is 0 Å². The van der Waals surface area contributed by atoms with Crippen molar-refractivity contribution in [3.8, 4) is 22.3 Å². The Balaban J connectivity index is 1.58. The highest BCUT2D eigenvalue weighted by molar-refractivity contribution is 6.02. The summed E-state index contributed by atoms with van der Waals surface area (Å²) in [5.41, 5.74) is 8.90. The van der Waals surface area contributed by atoms with Crippen molar-refractivity contribution in [2.45, 2.75) is 20.4 Å². The highest BCUT2D eigenvalue weighted by Gasteiger charge is 2.17. The number of benzene rings is 2. The van der Waals surface area contributed by atoms with Gasteiger partial charge in [-0.2, -0.15) is 0 Å². The lowest BCUT2D eigenvalue weighted by atomic mass is 9.89. The van der Waals surface area contributed by atoms with Crippen LogP contribution in [0.1, 0.15) is 16.7 Å². The van der Waals surface area contributed by atoms with Gasteiger partial charge in [0.25, 0.3) is 5.82 Å². The van der Waals surface area contributed by atoms with Crippen molar-refractivity contribution in [3.05, 3.63) is 89.0 Å². The van der Waals surface area contributed by atoms with Crippen molar-refractivity contribution in [2.75, 3.05) is 26.3 Å². The van der Waals surface area contributed by atoms with Crippen LogP contribution in [0, 0.1) is 20.4 Å². The normalized spacial score (nSPS) is 14.3. The number of pyridine rings is 2. The standard InChI is InChI=1S/C28H26N4O/c1-19-17-25-27(23(10-12-30-25)24-5-4-11-31-28(24)29-3)20(2)26(19)22-8-6-21(7-9-22)18-32-13-15-33-16-14-32/h4-12,17H,13-16,18H2,1-2H3. The molecule has 0 spiro atoms. The summed E-state index contributed by atoms with van der Waals surface area (Å²) >= 11 is 0. The Labute approximate surface area is 194 Å². The number of rotatable bonds is 4. The topological polar surface area (TPSA) is 42.6 Å². The average molecular weight is 435 g/mol. The van der Waals surface area contributed by atoms with Gasteiger partial charge in [-0.15, -0.1) is 4.98 Å². The molecule has 1 aliphatic rings. The summed E-state index contributed by atoms with van der Waals surface area (Å²) in [5.74, 6) is 0.416. The first-order valence-electron chi connectivity index (χ1n) is 11.3. The maximum absolute atomic E-state index is 7.56. The average Bonchev–Trinajstić information content (AvgIpc) is 2.85. The summed E-state index contributed by atoms with van der Waals surface area (Å²) in [7, 11) is 0. The largest absolute Gasteiger partial charge is 0.379 e. The van der Waals surface area contributed by atoms with E-state index in [1.165, 1.54) is 27.8 Å². The molecule has 0 aliphatic carbocycles. The van der Waals surface area contributed by atoms with Gasteiger partial charge < -0.3 is 9.58 Å². The van der Waals surface area contributed by atoms with Gasteiger partial charge in [-0.25, -0.2) is 0 Å². The Bertz CT molecular complexity index is 1350. The first-order valence-corrected chi connectivity index (χ1v) is 11.3. The molecular formula is C28H26N4O. The van der Waals surface area contributed by atoms with E-state index in [1.54, 1.807) is 6.20 Å². The lowest BCUT2D eigenvalue weighted by molar-refractivity contribution is 0.0342. The number of hydrogen-bond donors (Lipinski definition) is 0. The van der Waals surface area contributed by atoms with Crippen LogP contribution >= 0.6 is 0 Å². The molecule has 5 heteroatoms. The van der Waals surface area contributed by atoms with E-state index in [0.717, 1.165) is 54.9 Å². The summed E-state index contributed by atoms with van der Waals surface area (Å²) in [6.07, 6.45) is 3.48. The molecule has 0 saturated carbocycles. The molecule has 2 aromatic heterocycles. The minimum absolute atomic E-state index is 0.416. The molecule has 164 valence electrons. The lowest BCUT2D eigenvalue weighted by Gasteiger charge is -2.26. The van der Waals surface area contributed by atoms with Crippen LogP contribution < -0.4 is 0 Å². The molecule has 5 nitrogen and oxygen atoms in total. The van der Waals surface area contributed by atoms with Gasteiger partial charge in [0, 0.05) is 36.8 Å². The number of nitrogens with zero attached hydrogens (tertiary/aromatic N) is 4. The Morgan fingerprint density at radius 2 is 1.76 bits per heavy atom. The van der Waals surface area contributed by atoms with Gasteiger partial charge in [0.2, 0.25) is 0 Å². The van der Waals surface area contributed by atoms with Crippen LogP contribution in [0.5, 0.6) is 0 Å². The third-order valence-corrected chi connectivity index (χ3v) is 6.41. The summed E-state index contributed by atoms with van der Waals surface area (Å²) in [6, 6.07) is 16.9. The van der Waals surface area contributed by atoms with Gasteiger partial charge in [-0.05, 0) is 65.4 Å². The molecule has 0 N–H and O–H groups in total. The summed E-state index contributed by atoms with van der Waals surface area (Å²) in [5, 5.41) is 1.08. The van der Waals surface area contributed by atoms with E-state index in [-0.39, 0.29) is 0 Å². The van der Waals surface area contributed by atoms with Gasteiger partial charge in [-0.1, -0.05) is 36.9 Å². The minimum atomic E-state index is 0.416. The molecule has 0 atom stereocenters. The number of aryl methyl sites for hydroxylation is 2. The zero-order valence-corrected chi connectivity index (χ0v) is 19.0. The summed E-state index contributed by atoms with van der Waals surface area (Å²) < 4.78 is 5.46. The number of ether oxygens (including phenoxy) is 1. The predicted molar refractivity (Wildman–Crippen MR) is 132 cm³/mol.